The third-order valence-corrected chi connectivity index (χ3v) is 7.97. The van der Waals surface area contributed by atoms with Crippen molar-refractivity contribution in [2.45, 2.75) is 19.9 Å². The maximum atomic E-state index is 13.7. The summed E-state index contributed by atoms with van der Waals surface area (Å²) >= 11 is 0. The molecule has 3 N–H and O–H groups in total. The molecule has 2 amide bonds. The van der Waals surface area contributed by atoms with Gasteiger partial charge in [0.1, 0.15) is 5.56 Å². The molecule has 5 aromatic rings. The second-order valence-corrected chi connectivity index (χ2v) is 11.8. The minimum atomic E-state index is -1.01. The molecule has 0 saturated carbocycles. The Morgan fingerprint density at radius 2 is 1.73 bits per heavy atom. The lowest BCUT2D eigenvalue weighted by molar-refractivity contribution is 0.0945. The van der Waals surface area contributed by atoms with Crippen LogP contribution < -0.4 is 21.5 Å². The van der Waals surface area contributed by atoms with Crippen LogP contribution in [-0.2, 0) is 13.6 Å². The maximum absolute atomic E-state index is 13.7. The van der Waals surface area contributed by atoms with Gasteiger partial charge in [-0.15, -0.1) is 0 Å². The van der Waals surface area contributed by atoms with Gasteiger partial charge in [-0.05, 0) is 93.6 Å². The van der Waals surface area contributed by atoms with Gasteiger partial charge >= 0.3 is 0 Å². The molecule has 0 radical (unpaired) electrons. The Bertz CT molecular complexity index is 2070. The first-order chi connectivity index (χ1) is 23.5. The zero-order valence-corrected chi connectivity index (χ0v) is 27.8. The topological polar surface area (TPSA) is 126 Å². The van der Waals surface area contributed by atoms with Crippen LogP contribution in [0, 0.1) is 18.6 Å². The molecule has 0 unspecified atom stereocenters. The summed E-state index contributed by atoms with van der Waals surface area (Å²) in [6, 6.07) is 16.2. The lowest BCUT2D eigenvalue weighted by Gasteiger charge is -2.10. The van der Waals surface area contributed by atoms with Crippen LogP contribution in [0.5, 0.6) is 0 Å². The molecule has 0 aliphatic carbocycles. The number of hydrogen-bond acceptors (Lipinski definition) is 7. The lowest BCUT2D eigenvalue weighted by Crippen LogP contribution is -2.31. The first-order valence-corrected chi connectivity index (χ1v) is 15.7. The Labute approximate surface area is 282 Å². The monoisotopic (exact) mass is 668 g/mol. The van der Waals surface area contributed by atoms with E-state index in [1.165, 1.54) is 15.4 Å². The van der Waals surface area contributed by atoms with Crippen molar-refractivity contribution < 1.29 is 18.4 Å². The normalized spacial score (nSPS) is 11.4. The highest BCUT2D eigenvalue weighted by Crippen LogP contribution is 2.19. The summed E-state index contributed by atoms with van der Waals surface area (Å²) in [5.41, 5.74) is 3.22. The molecule has 11 nitrogen and oxygen atoms in total. The van der Waals surface area contributed by atoms with E-state index in [1.54, 1.807) is 50.5 Å². The Kier molecular flexibility index (Phi) is 10.9. The Morgan fingerprint density at radius 1 is 0.959 bits per heavy atom. The predicted octanol–water partition coefficient (Wildman–Crippen LogP) is 4.63. The van der Waals surface area contributed by atoms with Gasteiger partial charge in [-0.2, -0.15) is 0 Å². The lowest BCUT2D eigenvalue weighted by atomic mass is 10.1. The quantitative estimate of drug-likeness (QED) is 0.156. The van der Waals surface area contributed by atoms with Gasteiger partial charge in [0, 0.05) is 48.7 Å². The van der Waals surface area contributed by atoms with E-state index >= 15 is 0 Å². The Morgan fingerprint density at radius 3 is 2.47 bits per heavy atom. The molecule has 2 aromatic heterocycles. The zero-order chi connectivity index (χ0) is 35.1. The third-order valence-electron chi connectivity index (χ3n) is 7.97. The Balaban J connectivity index is 1.15. The van der Waals surface area contributed by atoms with E-state index in [2.05, 4.69) is 30.8 Å². The molecular weight excluding hydrogens is 630 g/mol. The van der Waals surface area contributed by atoms with Gasteiger partial charge in [0.25, 0.3) is 17.4 Å². The van der Waals surface area contributed by atoms with Crippen LogP contribution in [0.15, 0.2) is 77.7 Å². The average Bonchev–Trinajstić information content (AvgIpc) is 3.29. The number of benzene rings is 3. The predicted molar refractivity (Wildman–Crippen MR) is 186 cm³/mol. The van der Waals surface area contributed by atoms with Gasteiger partial charge in [0.2, 0.25) is 5.95 Å². The van der Waals surface area contributed by atoms with Gasteiger partial charge in [0.05, 0.1) is 12.1 Å². The number of nitrogens with zero attached hydrogens (tertiary/aromatic N) is 5. The van der Waals surface area contributed by atoms with Gasteiger partial charge in [-0.1, -0.05) is 24.3 Å². The van der Waals surface area contributed by atoms with Crippen LogP contribution in [0.4, 0.5) is 20.4 Å². The average molecular weight is 669 g/mol. The van der Waals surface area contributed by atoms with Gasteiger partial charge < -0.3 is 20.9 Å². The number of carbonyl (C=O) groups excluding carboxylic acids is 2. The molecule has 0 aliphatic rings. The standard InChI is InChI=1S/C36H38F2N8O3/c1-23-32(35(49)46(45(23)4)22-25-8-14-29(37)30(38)20-25)34(48)40-16-5-7-24-9-15-31-27(19-24)21-41-36(43-31)42-28-12-10-26(11-13-28)33(47)39-17-6-18-44(2)3/h5,7-15,19-21H,6,16-18,22H2,1-4H3,(H,39,47)(H,40,48)(H,41,42,43)/b7-5+. The van der Waals surface area contributed by atoms with Gasteiger partial charge in [-0.3, -0.25) is 19.1 Å². The number of rotatable bonds is 13. The molecule has 2 heterocycles. The summed E-state index contributed by atoms with van der Waals surface area (Å²) in [6.45, 7) is 3.32. The largest absolute Gasteiger partial charge is 0.352 e. The van der Waals surface area contributed by atoms with Crippen LogP contribution >= 0.6 is 0 Å². The number of anilines is 2. The van der Waals surface area contributed by atoms with Crippen molar-refractivity contribution in [3.8, 4) is 0 Å². The van der Waals surface area contributed by atoms with E-state index < -0.39 is 23.1 Å². The SMILES string of the molecule is Cc1c(C(=O)NC/C=C/c2ccc3nc(Nc4ccc(C(=O)NCCCN(C)C)cc4)ncc3c2)c(=O)n(Cc2ccc(F)c(F)c2)n1C. The first-order valence-electron chi connectivity index (χ1n) is 15.7. The van der Waals surface area contributed by atoms with E-state index in [4.69, 9.17) is 0 Å². The van der Waals surface area contributed by atoms with Gasteiger partial charge in [0.15, 0.2) is 11.6 Å². The van der Waals surface area contributed by atoms with Crippen molar-refractivity contribution in [2.24, 2.45) is 7.05 Å². The highest BCUT2D eigenvalue weighted by atomic mass is 19.2. The first kappa shape index (κ1) is 34.6. The summed E-state index contributed by atoms with van der Waals surface area (Å²) in [7, 11) is 5.62. The summed E-state index contributed by atoms with van der Waals surface area (Å²) in [5.74, 6) is -2.21. The van der Waals surface area contributed by atoms with E-state index in [9.17, 15) is 23.2 Å². The molecule has 0 atom stereocenters. The van der Waals surface area contributed by atoms with Crippen molar-refractivity contribution in [2.75, 3.05) is 39.0 Å². The number of aromatic nitrogens is 4. The summed E-state index contributed by atoms with van der Waals surface area (Å²) in [4.78, 5) is 49.5. The Hall–Kier alpha value is -5.69. The second-order valence-electron chi connectivity index (χ2n) is 11.8. The molecule has 3 aromatic carbocycles. The fraction of sp³-hybridized carbons (Fsp3) is 0.250. The third kappa shape index (κ3) is 8.62. The molecule has 0 saturated heterocycles. The zero-order valence-electron chi connectivity index (χ0n) is 27.8. The number of hydrogen-bond donors (Lipinski definition) is 3. The van der Waals surface area contributed by atoms with Crippen LogP contribution in [0.25, 0.3) is 17.0 Å². The van der Waals surface area contributed by atoms with Crippen LogP contribution in [0.1, 0.15) is 44.0 Å². The molecule has 0 aliphatic heterocycles. The highest BCUT2D eigenvalue weighted by Gasteiger charge is 2.21. The van der Waals surface area contributed by atoms with E-state index in [1.807, 2.05) is 38.4 Å². The number of carbonyl (C=O) groups is 2. The van der Waals surface area contributed by atoms with E-state index in [-0.39, 0.29) is 24.6 Å². The molecule has 5 rings (SSSR count). The van der Waals surface area contributed by atoms with E-state index in [0.29, 0.717) is 29.3 Å². The van der Waals surface area contributed by atoms with Crippen LogP contribution in [0.3, 0.4) is 0 Å². The molecule has 0 spiro atoms. The van der Waals surface area contributed by atoms with Crippen LogP contribution in [0.2, 0.25) is 0 Å². The second kappa shape index (κ2) is 15.5. The summed E-state index contributed by atoms with van der Waals surface area (Å²) < 4.78 is 29.8. The molecule has 13 heteroatoms. The maximum Gasteiger partial charge on any atom is 0.280 e. The van der Waals surface area contributed by atoms with Crippen molar-refractivity contribution in [3.63, 3.8) is 0 Å². The number of nitrogens with one attached hydrogen (secondary N) is 3. The minimum Gasteiger partial charge on any atom is -0.352 e. The fourth-order valence-electron chi connectivity index (χ4n) is 5.20. The number of amides is 2. The molecule has 254 valence electrons. The summed E-state index contributed by atoms with van der Waals surface area (Å²) in [6.07, 6.45) is 6.19. The molecule has 0 bridgehead atoms. The van der Waals surface area contributed by atoms with Crippen LogP contribution in [-0.4, -0.2) is 69.8 Å². The summed E-state index contributed by atoms with van der Waals surface area (Å²) in [5, 5.41) is 9.66. The van der Waals surface area contributed by atoms with Crippen molar-refractivity contribution >= 4 is 40.4 Å². The van der Waals surface area contributed by atoms with E-state index in [0.717, 1.165) is 47.3 Å². The smallest absolute Gasteiger partial charge is 0.280 e. The number of halogens is 2. The molecular formula is C36H38F2N8O3. The molecule has 49 heavy (non-hydrogen) atoms. The fourth-order valence-corrected chi connectivity index (χ4v) is 5.20. The highest BCUT2D eigenvalue weighted by molar-refractivity contribution is 5.95. The van der Waals surface area contributed by atoms with Crippen molar-refractivity contribution in [1.29, 1.82) is 0 Å². The van der Waals surface area contributed by atoms with Crippen molar-refractivity contribution in [3.05, 3.63) is 123 Å². The van der Waals surface area contributed by atoms with Gasteiger partial charge in [-0.25, -0.2) is 23.4 Å². The molecule has 0 fully saturated rings. The number of fused-ring (bicyclic) bond motifs is 1. The van der Waals surface area contributed by atoms with Crippen molar-refractivity contribution in [1.82, 2.24) is 34.9 Å². The minimum absolute atomic E-state index is 0.0154.